The molecule has 5 heteroatoms. The first-order valence-corrected chi connectivity index (χ1v) is 3.29. The molecule has 0 saturated heterocycles. The van der Waals surface area contributed by atoms with E-state index in [1.807, 2.05) is 0 Å². The summed E-state index contributed by atoms with van der Waals surface area (Å²) in [4.78, 5) is 21.3. The molecular weight excluding hydrogens is 160 g/mol. The van der Waals surface area contributed by atoms with Gasteiger partial charge in [0.1, 0.15) is 0 Å². The Morgan fingerprint density at radius 3 is 2.67 bits per heavy atom. The molecule has 1 rings (SSSR count). The number of nitrogens with zero attached hydrogens (tertiary/aromatic N) is 1. The van der Waals surface area contributed by atoms with Crippen molar-refractivity contribution >= 4 is 11.9 Å². The largest absolute Gasteiger partial charge is 0.478 e. The van der Waals surface area contributed by atoms with Crippen LogP contribution in [0.4, 0.5) is 0 Å². The van der Waals surface area contributed by atoms with Crippen LogP contribution in [0.3, 0.4) is 0 Å². The maximum absolute atomic E-state index is 10.9. The summed E-state index contributed by atoms with van der Waals surface area (Å²) in [5.41, 5.74) is 5.15. The van der Waals surface area contributed by atoms with Crippen molar-refractivity contribution in [3.05, 3.63) is 24.0 Å². The van der Waals surface area contributed by atoms with Crippen molar-refractivity contribution in [3.8, 4) is 0 Å². The molecule has 0 aliphatic heterocycles. The highest BCUT2D eigenvalue weighted by atomic mass is 16.4. The van der Waals surface area contributed by atoms with E-state index in [0.29, 0.717) is 0 Å². The molecule has 0 unspecified atom stereocenters. The molecule has 0 aliphatic carbocycles. The van der Waals surface area contributed by atoms with Gasteiger partial charge in [0, 0.05) is 12.4 Å². The molecule has 0 amide bonds. The van der Waals surface area contributed by atoms with Gasteiger partial charge in [-0.25, -0.2) is 4.79 Å². The zero-order valence-electron chi connectivity index (χ0n) is 6.23. The van der Waals surface area contributed by atoms with Crippen molar-refractivity contribution in [1.29, 1.82) is 0 Å². The van der Waals surface area contributed by atoms with Crippen LogP contribution in [0.1, 0.15) is 15.2 Å². The molecule has 0 bridgehead atoms. The van der Waals surface area contributed by atoms with Crippen molar-refractivity contribution in [3.63, 3.8) is 0 Å². The average Bonchev–Trinajstić information content (AvgIpc) is 2.51. The molecule has 0 radical (unpaired) electrons. The van der Waals surface area contributed by atoms with E-state index in [-0.39, 0.29) is 18.0 Å². The minimum Gasteiger partial charge on any atom is -0.478 e. The zero-order valence-corrected chi connectivity index (χ0v) is 6.23. The summed E-state index contributed by atoms with van der Waals surface area (Å²) >= 11 is 0. The van der Waals surface area contributed by atoms with Crippen LogP contribution in [0.25, 0.3) is 0 Å². The Morgan fingerprint density at radius 2 is 2.25 bits per heavy atom. The minimum atomic E-state index is -1.06. The topological polar surface area (TPSA) is 85.3 Å². The molecule has 3 N–H and O–H groups in total. The standard InChI is InChI=1S/C7H8N2O3/c8-3-6(10)9-2-1-5(4-9)7(11)12/h1-2,4H,3,8H2,(H,11,12). The maximum Gasteiger partial charge on any atom is 0.337 e. The maximum atomic E-state index is 10.9. The summed E-state index contributed by atoms with van der Waals surface area (Å²) in [7, 11) is 0. The third kappa shape index (κ3) is 1.51. The molecule has 0 aromatic carbocycles. The van der Waals surface area contributed by atoms with Crippen molar-refractivity contribution < 1.29 is 14.7 Å². The summed E-state index contributed by atoms with van der Waals surface area (Å²) in [6.45, 7) is -0.131. The Kier molecular flexibility index (Phi) is 2.25. The van der Waals surface area contributed by atoms with Gasteiger partial charge in [0.05, 0.1) is 12.1 Å². The molecule has 1 aromatic heterocycles. The zero-order chi connectivity index (χ0) is 9.14. The molecule has 0 fully saturated rings. The Labute approximate surface area is 68.4 Å². The van der Waals surface area contributed by atoms with Gasteiger partial charge in [0.15, 0.2) is 0 Å². The molecule has 5 nitrogen and oxygen atoms in total. The third-order valence-electron chi connectivity index (χ3n) is 1.40. The number of carbonyl (C=O) groups excluding carboxylic acids is 1. The fourth-order valence-electron chi connectivity index (χ4n) is 0.784. The van der Waals surface area contributed by atoms with Gasteiger partial charge >= 0.3 is 5.97 Å². The lowest BCUT2D eigenvalue weighted by atomic mass is 10.4. The van der Waals surface area contributed by atoms with Crippen LogP contribution in [0.15, 0.2) is 18.5 Å². The number of aromatic carboxylic acids is 1. The second-order valence-corrected chi connectivity index (χ2v) is 2.21. The number of carbonyl (C=O) groups is 2. The summed E-state index contributed by atoms with van der Waals surface area (Å²) < 4.78 is 1.16. The number of nitrogens with two attached hydrogens (primary N) is 1. The smallest absolute Gasteiger partial charge is 0.337 e. The van der Waals surface area contributed by atoms with E-state index in [4.69, 9.17) is 10.8 Å². The molecule has 0 aliphatic rings. The average molecular weight is 168 g/mol. The first-order valence-electron chi connectivity index (χ1n) is 3.29. The van der Waals surface area contributed by atoms with Crippen LogP contribution in [0.2, 0.25) is 0 Å². The first kappa shape index (κ1) is 8.48. The van der Waals surface area contributed by atoms with Gasteiger partial charge in [-0.3, -0.25) is 9.36 Å². The van der Waals surface area contributed by atoms with Crippen LogP contribution in [-0.4, -0.2) is 28.1 Å². The number of hydrogen-bond acceptors (Lipinski definition) is 3. The fraction of sp³-hybridized carbons (Fsp3) is 0.143. The lowest BCUT2D eigenvalue weighted by Crippen LogP contribution is -2.19. The second-order valence-electron chi connectivity index (χ2n) is 2.21. The summed E-state index contributed by atoms with van der Waals surface area (Å²) in [6.07, 6.45) is 2.61. The Bertz CT molecular complexity index is 316. The van der Waals surface area contributed by atoms with E-state index in [1.54, 1.807) is 0 Å². The predicted octanol–water partition coefficient (Wildman–Crippen LogP) is -0.215. The molecule has 0 saturated carbocycles. The molecule has 0 spiro atoms. The number of aromatic nitrogens is 1. The molecule has 64 valence electrons. The SMILES string of the molecule is NCC(=O)n1ccc(C(=O)O)c1. The monoisotopic (exact) mass is 168 g/mol. The van der Waals surface area contributed by atoms with E-state index >= 15 is 0 Å². The molecule has 1 heterocycles. The number of rotatable bonds is 2. The normalized spacial score (nSPS) is 9.75. The van der Waals surface area contributed by atoms with E-state index in [2.05, 4.69) is 0 Å². The Morgan fingerprint density at radius 1 is 1.58 bits per heavy atom. The van der Waals surface area contributed by atoms with Crippen molar-refractivity contribution in [2.45, 2.75) is 0 Å². The quantitative estimate of drug-likeness (QED) is 0.639. The van der Waals surface area contributed by atoms with Gasteiger partial charge in [0.2, 0.25) is 5.91 Å². The number of hydrogen-bond donors (Lipinski definition) is 2. The van der Waals surface area contributed by atoms with Crippen molar-refractivity contribution in [2.24, 2.45) is 5.73 Å². The third-order valence-corrected chi connectivity index (χ3v) is 1.40. The van der Waals surface area contributed by atoms with E-state index in [9.17, 15) is 9.59 Å². The Hall–Kier alpha value is -1.62. The van der Waals surface area contributed by atoms with Crippen LogP contribution < -0.4 is 5.73 Å². The van der Waals surface area contributed by atoms with E-state index in [0.717, 1.165) is 4.57 Å². The van der Waals surface area contributed by atoms with Gasteiger partial charge < -0.3 is 10.8 Å². The predicted molar refractivity (Wildman–Crippen MR) is 41.1 cm³/mol. The summed E-state index contributed by atoms with van der Waals surface area (Å²) in [5, 5.41) is 8.50. The van der Waals surface area contributed by atoms with Gasteiger partial charge in [-0.2, -0.15) is 0 Å². The van der Waals surface area contributed by atoms with Gasteiger partial charge in [-0.15, -0.1) is 0 Å². The van der Waals surface area contributed by atoms with Crippen LogP contribution in [0.5, 0.6) is 0 Å². The number of carboxylic acids is 1. The highest BCUT2D eigenvalue weighted by molar-refractivity contribution is 5.89. The van der Waals surface area contributed by atoms with Crippen LogP contribution >= 0.6 is 0 Å². The highest BCUT2D eigenvalue weighted by Crippen LogP contribution is 2.00. The molecule has 12 heavy (non-hydrogen) atoms. The lowest BCUT2D eigenvalue weighted by molar-refractivity contribution is 0.0697. The van der Waals surface area contributed by atoms with E-state index in [1.165, 1.54) is 18.5 Å². The minimum absolute atomic E-state index is 0.0804. The Balaban J connectivity index is 2.91. The molecule has 0 atom stereocenters. The van der Waals surface area contributed by atoms with Gasteiger partial charge in [0.25, 0.3) is 0 Å². The fourth-order valence-corrected chi connectivity index (χ4v) is 0.784. The number of carboxylic acid groups (broad SMARTS) is 1. The molecule has 1 aromatic rings. The summed E-state index contributed by atoms with van der Waals surface area (Å²) in [5.74, 6) is -1.39. The van der Waals surface area contributed by atoms with Gasteiger partial charge in [-0.1, -0.05) is 0 Å². The summed E-state index contributed by atoms with van der Waals surface area (Å²) in [6, 6.07) is 1.34. The van der Waals surface area contributed by atoms with E-state index < -0.39 is 5.97 Å². The second kappa shape index (κ2) is 3.19. The van der Waals surface area contributed by atoms with Crippen molar-refractivity contribution in [1.82, 2.24) is 4.57 Å². The first-order chi connectivity index (χ1) is 5.65. The highest BCUT2D eigenvalue weighted by Gasteiger charge is 2.07. The van der Waals surface area contributed by atoms with Gasteiger partial charge in [-0.05, 0) is 6.07 Å². The van der Waals surface area contributed by atoms with Crippen LogP contribution in [-0.2, 0) is 0 Å². The van der Waals surface area contributed by atoms with Crippen molar-refractivity contribution in [2.75, 3.05) is 6.54 Å². The molecular formula is C7H8N2O3. The van der Waals surface area contributed by atoms with Crippen LogP contribution in [0, 0.1) is 0 Å². The lowest BCUT2D eigenvalue weighted by Gasteiger charge is -1.94.